The second-order valence-corrected chi connectivity index (χ2v) is 6.92. The monoisotopic (exact) mass is 355 g/mol. The van der Waals surface area contributed by atoms with Gasteiger partial charge in [-0.25, -0.2) is 0 Å². The maximum absolute atomic E-state index is 9.85. The molecule has 0 aliphatic carbocycles. The molecule has 0 saturated carbocycles. The summed E-state index contributed by atoms with van der Waals surface area (Å²) in [4.78, 5) is 9.53. The fourth-order valence-electron chi connectivity index (χ4n) is 3.80. The molecule has 0 spiro atoms. The molecule has 140 valence electrons. The molecule has 26 heavy (non-hydrogen) atoms. The van der Waals surface area contributed by atoms with Crippen molar-refractivity contribution in [3.8, 4) is 11.5 Å². The van der Waals surface area contributed by atoms with Crippen LogP contribution in [0.5, 0.6) is 11.5 Å². The van der Waals surface area contributed by atoms with Crippen molar-refractivity contribution in [2.75, 3.05) is 26.7 Å². The molecule has 0 bridgehead atoms. The summed E-state index contributed by atoms with van der Waals surface area (Å²) < 4.78 is 5.26. The highest BCUT2D eigenvalue weighted by molar-refractivity contribution is 5.41. The van der Waals surface area contributed by atoms with Crippen molar-refractivity contribution >= 4 is 0 Å². The van der Waals surface area contributed by atoms with Crippen LogP contribution in [0.2, 0.25) is 0 Å². The SMILES string of the molecule is CCN1CCC[C@@H]1CN(Cc1ccc(O)c(OC)c1)Cc1ccccn1. The lowest BCUT2D eigenvalue weighted by Gasteiger charge is -2.30. The summed E-state index contributed by atoms with van der Waals surface area (Å²) in [6, 6.07) is 12.3. The van der Waals surface area contributed by atoms with Gasteiger partial charge in [0.15, 0.2) is 11.5 Å². The highest BCUT2D eigenvalue weighted by atomic mass is 16.5. The molecule has 1 fully saturated rings. The number of likely N-dealkylation sites (N-methyl/N-ethyl adjacent to an activating group) is 1. The number of hydrogen-bond acceptors (Lipinski definition) is 5. The van der Waals surface area contributed by atoms with Crippen molar-refractivity contribution < 1.29 is 9.84 Å². The second-order valence-electron chi connectivity index (χ2n) is 6.92. The van der Waals surface area contributed by atoms with Crippen LogP contribution in [0.25, 0.3) is 0 Å². The van der Waals surface area contributed by atoms with Gasteiger partial charge in [0, 0.05) is 31.9 Å². The molecule has 1 N–H and O–H groups in total. The van der Waals surface area contributed by atoms with Crippen LogP contribution in [0.15, 0.2) is 42.6 Å². The molecule has 1 aromatic heterocycles. The zero-order valence-corrected chi connectivity index (χ0v) is 15.8. The van der Waals surface area contributed by atoms with E-state index in [-0.39, 0.29) is 5.75 Å². The minimum atomic E-state index is 0.181. The number of phenolic OH excluding ortho intramolecular Hbond substituents is 1. The van der Waals surface area contributed by atoms with Gasteiger partial charge in [0.1, 0.15) is 0 Å². The van der Waals surface area contributed by atoms with Crippen molar-refractivity contribution in [3.05, 3.63) is 53.9 Å². The molecule has 1 aromatic carbocycles. The summed E-state index contributed by atoms with van der Waals surface area (Å²) in [6.07, 6.45) is 4.39. The van der Waals surface area contributed by atoms with E-state index in [1.54, 1.807) is 13.2 Å². The normalized spacial score (nSPS) is 17.7. The maximum Gasteiger partial charge on any atom is 0.160 e. The van der Waals surface area contributed by atoms with E-state index in [1.165, 1.54) is 19.4 Å². The Labute approximate surface area is 156 Å². The average molecular weight is 355 g/mol. The first-order valence-corrected chi connectivity index (χ1v) is 9.41. The number of ether oxygens (including phenoxy) is 1. The summed E-state index contributed by atoms with van der Waals surface area (Å²) in [7, 11) is 1.59. The predicted molar refractivity (Wildman–Crippen MR) is 103 cm³/mol. The summed E-state index contributed by atoms with van der Waals surface area (Å²) >= 11 is 0. The number of phenols is 1. The van der Waals surface area contributed by atoms with E-state index in [1.807, 2.05) is 30.5 Å². The molecular weight excluding hydrogens is 326 g/mol. The van der Waals surface area contributed by atoms with E-state index in [2.05, 4.69) is 27.8 Å². The van der Waals surface area contributed by atoms with Gasteiger partial charge in [0.05, 0.1) is 12.8 Å². The van der Waals surface area contributed by atoms with Crippen LogP contribution in [0.3, 0.4) is 0 Å². The number of benzene rings is 1. The van der Waals surface area contributed by atoms with Gasteiger partial charge in [-0.15, -0.1) is 0 Å². The Morgan fingerprint density at radius 3 is 2.88 bits per heavy atom. The van der Waals surface area contributed by atoms with Crippen molar-refractivity contribution in [2.45, 2.75) is 38.9 Å². The van der Waals surface area contributed by atoms with Gasteiger partial charge in [-0.1, -0.05) is 19.1 Å². The number of aromatic hydroxyl groups is 1. The number of likely N-dealkylation sites (tertiary alicyclic amines) is 1. The first-order valence-electron chi connectivity index (χ1n) is 9.41. The van der Waals surface area contributed by atoms with Gasteiger partial charge < -0.3 is 9.84 Å². The Morgan fingerprint density at radius 1 is 1.27 bits per heavy atom. The Bertz CT molecular complexity index is 693. The zero-order valence-electron chi connectivity index (χ0n) is 15.8. The summed E-state index contributed by atoms with van der Waals surface area (Å²) in [6.45, 7) is 7.19. The van der Waals surface area contributed by atoms with E-state index in [9.17, 15) is 5.11 Å². The lowest BCUT2D eigenvalue weighted by atomic mass is 10.1. The van der Waals surface area contributed by atoms with Crippen LogP contribution in [0.4, 0.5) is 0 Å². The Kier molecular flexibility index (Phi) is 6.47. The topological polar surface area (TPSA) is 48.8 Å². The number of nitrogens with zero attached hydrogens (tertiary/aromatic N) is 3. The molecule has 0 unspecified atom stereocenters. The molecule has 3 rings (SSSR count). The first kappa shape index (κ1) is 18.7. The molecular formula is C21H29N3O2. The molecule has 0 amide bonds. The molecule has 5 nitrogen and oxygen atoms in total. The van der Waals surface area contributed by atoms with E-state index in [0.29, 0.717) is 11.8 Å². The van der Waals surface area contributed by atoms with Gasteiger partial charge in [0.2, 0.25) is 0 Å². The molecule has 1 saturated heterocycles. The fraction of sp³-hybridized carbons (Fsp3) is 0.476. The van der Waals surface area contributed by atoms with Crippen molar-refractivity contribution in [3.63, 3.8) is 0 Å². The Morgan fingerprint density at radius 2 is 2.15 bits per heavy atom. The second kappa shape index (κ2) is 9.01. The quantitative estimate of drug-likeness (QED) is 0.787. The number of hydrogen-bond donors (Lipinski definition) is 1. The fourth-order valence-corrected chi connectivity index (χ4v) is 3.80. The van der Waals surface area contributed by atoms with Gasteiger partial charge in [-0.3, -0.25) is 14.8 Å². The van der Waals surface area contributed by atoms with Crippen molar-refractivity contribution in [1.82, 2.24) is 14.8 Å². The lowest BCUT2D eigenvalue weighted by Crippen LogP contribution is -2.39. The van der Waals surface area contributed by atoms with Gasteiger partial charge >= 0.3 is 0 Å². The highest BCUT2D eigenvalue weighted by Gasteiger charge is 2.25. The predicted octanol–water partition coefficient (Wildman–Crippen LogP) is 3.28. The summed E-state index contributed by atoms with van der Waals surface area (Å²) in [5.41, 5.74) is 2.22. The van der Waals surface area contributed by atoms with Crippen LogP contribution < -0.4 is 4.74 Å². The van der Waals surface area contributed by atoms with Crippen LogP contribution in [-0.4, -0.2) is 52.7 Å². The Balaban J connectivity index is 1.75. The van der Waals surface area contributed by atoms with E-state index in [0.717, 1.165) is 37.4 Å². The Hall–Kier alpha value is -2.11. The van der Waals surface area contributed by atoms with Gasteiger partial charge in [0.25, 0.3) is 0 Å². The number of rotatable bonds is 8. The number of methoxy groups -OCH3 is 1. The van der Waals surface area contributed by atoms with E-state index in [4.69, 9.17) is 4.74 Å². The molecule has 0 radical (unpaired) electrons. The number of aromatic nitrogens is 1. The third-order valence-electron chi connectivity index (χ3n) is 5.14. The van der Waals surface area contributed by atoms with Crippen LogP contribution in [0, 0.1) is 0 Å². The van der Waals surface area contributed by atoms with Crippen LogP contribution >= 0.6 is 0 Å². The van der Waals surface area contributed by atoms with E-state index < -0.39 is 0 Å². The minimum absolute atomic E-state index is 0.181. The third kappa shape index (κ3) is 4.74. The maximum atomic E-state index is 9.85. The molecule has 1 aliphatic rings. The molecule has 1 aliphatic heterocycles. The summed E-state index contributed by atoms with van der Waals surface area (Å²) in [5.74, 6) is 0.705. The zero-order chi connectivity index (χ0) is 18.4. The van der Waals surface area contributed by atoms with Crippen molar-refractivity contribution in [1.29, 1.82) is 0 Å². The smallest absolute Gasteiger partial charge is 0.160 e. The number of pyridine rings is 1. The molecule has 2 heterocycles. The molecule has 1 atom stereocenters. The standard InChI is InChI=1S/C21H29N3O2/c1-3-24-12-6-8-19(24)16-23(15-18-7-4-5-11-22-18)14-17-9-10-20(25)21(13-17)26-2/h4-5,7,9-11,13,19,25H,3,6,8,12,14-16H2,1-2H3/t19-/m1/s1. The lowest BCUT2D eigenvalue weighted by molar-refractivity contribution is 0.164. The van der Waals surface area contributed by atoms with Crippen LogP contribution in [-0.2, 0) is 13.1 Å². The third-order valence-corrected chi connectivity index (χ3v) is 5.14. The first-order chi connectivity index (χ1) is 12.7. The van der Waals surface area contributed by atoms with Crippen molar-refractivity contribution in [2.24, 2.45) is 0 Å². The van der Waals surface area contributed by atoms with Gasteiger partial charge in [-0.05, 0) is 55.8 Å². The molecule has 2 aromatic rings. The van der Waals surface area contributed by atoms with Crippen LogP contribution in [0.1, 0.15) is 31.0 Å². The van der Waals surface area contributed by atoms with Gasteiger partial charge in [-0.2, -0.15) is 0 Å². The molecule has 5 heteroatoms. The van der Waals surface area contributed by atoms with E-state index >= 15 is 0 Å². The largest absolute Gasteiger partial charge is 0.504 e. The minimum Gasteiger partial charge on any atom is -0.504 e. The highest BCUT2D eigenvalue weighted by Crippen LogP contribution is 2.27. The average Bonchev–Trinajstić information content (AvgIpc) is 3.11. The summed E-state index contributed by atoms with van der Waals surface area (Å²) in [5, 5.41) is 9.85.